The second kappa shape index (κ2) is 4.32. The molecule has 76 valence electrons. The van der Waals surface area contributed by atoms with Crippen molar-refractivity contribution in [3.63, 3.8) is 0 Å². The Kier molecular flexibility index (Phi) is 2.68. The molecule has 0 aliphatic heterocycles. The molecule has 2 aromatic rings. The second-order valence-corrected chi connectivity index (χ2v) is 2.93. The number of rotatable bonds is 3. The lowest BCUT2D eigenvalue weighted by Gasteiger charge is -2.01. The number of amides is 1. The zero-order chi connectivity index (χ0) is 10.5. The molecule has 0 aromatic carbocycles. The fourth-order valence-electron chi connectivity index (χ4n) is 1.12. The number of aromatic amines is 1. The van der Waals surface area contributed by atoms with Gasteiger partial charge >= 0.3 is 0 Å². The van der Waals surface area contributed by atoms with Crippen LogP contribution in [-0.2, 0) is 11.2 Å². The Hall–Kier alpha value is -2.24. The summed E-state index contributed by atoms with van der Waals surface area (Å²) in [7, 11) is 0. The van der Waals surface area contributed by atoms with E-state index >= 15 is 0 Å². The number of nitrogens with zero attached hydrogens (tertiary/aromatic N) is 3. The van der Waals surface area contributed by atoms with Crippen molar-refractivity contribution in [1.29, 1.82) is 0 Å². The lowest BCUT2D eigenvalue weighted by Crippen LogP contribution is -2.14. The van der Waals surface area contributed by atoms with Crippen LogP contribution in [0.25, 0.3) is 0 Å². The molecule has 0 fully saturated rings. The van der Waals surface area contributed by atoms with Crippen LogP contribution in [0.4, 0.5) is 5.69 Å². The topological polar surface area (TPSA) is 83.6 Å². The normalized spacial score (nSPS) is 9.87. The van der Waals surface area contributed by atoms with Gasteiger partial charge in [0.25, 0.3) is 0 Å². The number of anilines is 1. The van der Waals surface area contributed by atoms with E-state index in [-0.39, 0.29) is 12.3 Å². The van der Waals surface area contributed by atoms with E-state index in [9.17, 15) is 4.79 Å². The molecule has 0 bridgehead atoms. The van der Waals surface area contributed by atoms with Crippen molar-refractivity contribution in [1.82, 2.24) is 20.2 Å². The number of hydrogen-bond acceptors (Lipinski definition) is 4. The van der Waals surface area contributed by atoms with E-state index in [1.807, 2.05) is 0 Å². The molecule has 2 rings (SSSR count). The molecule has 0 aliphatic rings. The first-order chi connectivity index (χ1) is 7.34. The van der Waals surface area contributed by atoms with Crippen molar-refractivity contribution in [3.05, 3.63) is 36.7 Å². The molecule has 0 radical (unpaired) electrons. The Morgan fingerprint density at radius 2 is 2.20 bits per heavy atom. The Morgan fingerprint density at radius 1 is 1.40 bits per heavy atom. The zero-order valence-electron chi connectivity index (χ0n) is 7.84. The molecule has 6 nitrogen and oxygen atoms in total. The molecule has 0 saturated heterocycles. The van der Waals surface area contributed by atoms with Crippen LogP contribution in [0.3, 0.4) is 0 Å². The van der Waals surface area contributed by atoms with Gasteiger partial charge in [-0.3, -0.25) is 9.89 Å². The SMILES string of the molecule is O=C(Cc1ccn[nH]1)Nc1cncnc1. The summed E-state index contributed by atoms with van der Waals surface area (Å²) < 4.78 is 0. The minimum absolute atomic E-state index is 0.131. The molecular formula is C9H9N5O. The monoisotopic (exact) mass is 203 g/mol. The summed E-state index contributed by atoms with van der Waals surface area (Å²) in [5.74, 6) is -0.131. The molecular weight excluding hydrogens is 194 g/mol. The van der Waals surface area contributed by atoms with E-state index in [4.69, 9.17) is 0 Å². The Balaban J connectivity index is 1.94. The number of carbonyl (C=O) groups excluding carboxylic acids is 1. The van der Waals surface area contributed by atoms with E-state index in [2.05, 4.69) is 25.5 Å². The first-order valence-corrected chi connectivity index (χ1v) is 4.38. The fourth-order valence-corrected chi connectivity index (χ4v) is 1.12. The summed E-state index contributed by atoms with van der Waals surface area (Å²) in [5, 5.41) is 9.13. The van der Waals surface area contributed by atoms with Crippen LogP contribution in [0.15, 0.2) is 31.0 Å². The predicted octanol–water partition coefficient (Wildman–Crippen LogP) is 0.381. The van der Waals surface area contributed by atoms with Gasteiger partial charge in [-0.2, -0.15) is 5.10 Å². The van der Waals surface area contributed by atoms with Gasteiger partial charge in [0, 0.05) is 11.9 Å². The van der Waals surface area contributed by atoms with Crippen LogP contribution in [0.5, 0.6) is 0 Å². The summed E-state index contributed by atoms with van der Waals surface area (Å²) in [6, 6.07) is 1.75. The molecule has 0 saturated carbocycles. The largest absolute Gasteiger partial charge is 0.323 e. The average molecular weight is 203 g/mol. The van der Waals surface area contributed by atoms with E-state index in [1.165, 1.54) is 18.7 Å². The molecule has 2 aromatic heterocycles. The zero-order valence-corrected chi connectivity index (χ0v) is 7.84. The number of carbonyl (C=O) groups is 1. The van der Waals surface area contributed by atoms with Gasteiger partial charge in [-0.15, -0.1) is 0 Å². The third-order valence-electron chi connectivity index (χ3n) is 1.75. The number of nitrogens with one attached hydrogen (secondary N) is 2. The van der Waals surface area contributed by atoms with Crippen LogP contribution in [0.2, 0.25) is 0 Å². The van der Waals surface area contributed by atoms with E-state index in [0.29, 0.717) is 5.69 Å². The van der Waals surface area contributed by atoms with E-state index in [0.717, 1.165) is 5.69 Å². The third kappa shape index (κ3) is 2.60. The molecule has 6 heteroatoms. The number of aromatic nitrogens is 4. The van der Waals surface area contributed by atoms with Crippen LogP contribution in [0.1, 0.15) is 5.69 Å². The minimum atomic E-state index is -0.131. The maximum absolute atomic E-state index is 11.5. The van der Waals surface area contributed by atoms with Gasteiger partial charge < -0.3 is 5.32 Å². The highest BCUT2D eigenvalue weighted by Gasteiger charge is 2.04. The Morgan fingerprint density at radius 3 is 2.87 bits per heavy atom. The second-order valence-electron chi connectivity index (χ2n) is 2.93. The fraction of sp³-hybridized carbons (Fsp3) is 0.111. The molecule has 2 heterocycles. The highest BCUT2D eigenvalue weighted by atomic mass is 16.1. The van der Waals surface area contributed by atoms with Gasteiger partial charge in [-0.25, -0.2) is 9.97 Å². The smallest absolute Gasteiger partial charge is 0.230 e. The van der Waals surface area contributed by atoms with Crippen LogP contribution >= 0.6 is 0 Å². The molecule has 15 heavy (non-hydrogen) atoms. The van der Waals surface area contributed by atoms with Crippen molar-refractivity contribution in [2.45, 2.75) is 6.42 Å². The number of hydrogen-bond donors (Lipinski definition) is 2. The first kappa shape index (κ1) is 9.32. The molecule has 1 amide bonds. The van der Waals surface area contributed by atoms with Gasteiger partial charge in [0.2, 0.25) is 5.91 Å². The Bertz CT molecular complexity index is 425. The van der Waals surface area contributed by atoms with Gasteiger partial charge in [0.1, 0.15) is 6.33 Å². The molecule has 0 spiro atoms. The highest BCUT2D eigenvalue weighted by molar-refractivity contribution is 5.91. The van der Waals surface area contributed by atoms with Gasteiger partial charge in [0.05, 0.1) is 24.5 Å². The first-order valence-electron chi connectivity index (χ1n) is 4.38. The van der Waals surface area contributed by atoms with E-state index in [1.54, 1.807) is 12.3 Å². The number of H-pyrrole nitrogens is 1. The quantitative estimate of drug-likeness (QED) is 0.755. The summed E-state index contributed by atoms with van der Waals surface area (Å²) in [5.41, 5.74) is 1.35. The third-order valence-corrected chi connectivity index (χ3v) is 1.75. The minimum Gasteiger partial charge on any atom is -0.323 e. The van der Waals surface area contributed by atoms with E-state index < -0.39 is 0 Å². The van der Waals surface area contributed by atoms with Gasteiger partial charge in [0.15, 0.2) is 0 Å². The predicted molar refractivity (Wildman–Crippen MR) is 53.0 cm³/mol. The summed E-state index contributed by atoms with van der Waals surface area (Å²) >= 11 is 0. The molecule has 2 N–H and O–H groups in total. The highest BCUT2D eigenvalue weighted by Crippen LogP contribution is 2.02. The summed E-state index contributed by atoms with van der Waals surface area (Å²) in [4.78, 5) is 19.0. The average Bonchev–Trinajstić information content (AvgIpc) is 2.71. The van der Waals surface area contributed by atoms with Crippen molar-refractivity contribution >= 4 is 11.6 Å². The lowest BCUT2D eigenvalue weighted by atomic mass is 10.3. The van der Waals surface area contributed by atoms with Crippen molar-refractivity contribution in [2.24, 2.45) is 0 Å². The van der Waals surface area contributed by atoms with Gasteiger partial charge in [-0.1, -0.05) is 0 Å². The summed E-state index contributed by atoms with van der Waals surface area (Å²) in [6.45, 7) is 0. The lowest BCUT2D eigenvalue weighted by molar-refractivity contribution is -0.115. The molecule has 0 unspecified atom stereocenters. The Labute approximate surface area is 85.8 Å². The van der Waals surface area contributed by atoms with Crippen LogP contribution < -0.4 is 5.32 Å². The molecule has 0 aliphatic carbocycles. The van der Waals surface area contributed by atoms with Crippen LogP contribution in [-0.4, -0.2) is 26.1 Å². The maximum Gasteiger partial charge on any atom is 0.230 e. The molecule has 0 atom stereocenters. The van der Waals surface area contributed by atoms with Crippen molar-refractivity contribution in [2.75, 3.05) is 5.32 Å². The van der Waals surface area contributed by atoms with Crippen molar-refractivity contribution < 1.29 is 4.79 Å². The maximum atomic E-state index is 11.5. The van der Waals surface area contributed by atoms with Crippen LogP contribution in [0, 0.1) is 0 Å². The summed E-state index contributed by atoms with van der Waals surface area (Å²) in [6.07, 6.45) is 6.35. The van der Waals surface area contributed by atoms with Gasteiger partial charge in [-0.05, 0) is 6.07 Å². The van der Waals surface area contributed by atoms with Crippen molar-refractivity contribution in [3.8, 4) is 0 Å². The standard InChI is InChI=1S/C9H9N5O/c15-9(3-7-1-2-12-14-7)13-8-4-10-6-11-5-8/h1-2,4-6H,3H2,(H,12,14)(H,13,15).